The minimum absolute atomic E-state index is 0.0680. The van der Waals surface area contributed by atoms with Crippen LogP contribution in [0.3, 0.4) is 0 Å². The first kappa shape index (κ1) is 38.3. The van der Waals surface area contributed by atoms with Crippen LogP contribution in [0, 0.1) is 5.92 Å². The maximum atomic E-state index is 13.9. The van der Waals surface area contributed by atoms with Crippen LogP contribution in [0.1, 0.15) is 70.2 Å². The number of likely N-dealkylation sites (tertiary alicyclic amines) is 2. The number of ether oxygens (including phenoxy) is 1. The number of nitrogens with zero attached hydrogens (tertiary/aromatic N) is 5. The van der Waals surface area contributed by atoms with Gasteiger partial charge in [-0.25, -0.2) is 14.8 Å². The Morgan fingerprint density at radius 1 is 0.750 bits per heavy atom. The SMILES string of the molecule is CO[C@H](C)[C@H](NC(=O)O)C(=O)N1CCC[C@H]1c1ncc(-c2ccc(-c3ccc(-c4cnc([C@@H]5CCCN5C(=O)[C@@H](Nc5cccnc5)C(C)C)[nH]4)cc3)cc2)[nH]1. The predicted octanol–water partition coefficient (Wildman–Crippen LogP) is 6.66. The molecule has 7 rings (SSSR count). The molecule has 5 aromatic rings. The second-order valence-corrected chi connectivity index (χ2v) is 14.9. The summed E-state index contributed by atoms with van der Waals surface area (Å²) in [6, 6.07) is 18.5. The third-order valence-electron chi connectivity index (χ3n) is 10.9. The van der Waals surface area contributed by atoms with E-state index in [0.29, 0.717) is 18.9 Å². The van der Waals surface area contributed by atoms with E-state index in [4.69, 9.17) is 9.72 Å². The number of imidazole rings is 2. The molecule has 2 aliphatic heterocycles. The summed E-state index contributed by atoms with van der Waals surface area (Å²) in [7, 11) is 1.45. The summed E-state index contributed by atoms with van der Waals surface area (Å²) in [6.07, 6.45) is 8.45. The Morgan fingerprint density at radius 2 is 1.25 bits per heavy atom. The number of pyridine rings is 1. The molecule has 2 aliphatic rings. The summed E-state index contributed by atoms with van der Waals surface area (Å²) < 4.78 is 5.30. The number of amides is 3. The standard InChI is InChI=1S/C42H49N9O5/c1-25(2)36(46-31-8-5-19-43-22-31)40(52)50-20-6-9-34(50)38-44-23-32(47-38)29-15-11-27(12-16-29)28-13-17-30(18-14-28)33-24-45-39(48-33)35-10-7-21-51(35)41(53)37(26(3)56-4)49-42(54)55/h5,8,11-19,22-26,34-37,46,49H,6-7,9-10,20-21H2,1-4H3,(H,44,47)(H,45,48)(H,54,55)/t26-,34+,35+,36+,37+/m1/s1. The van der Waals surface area contributed by atoms with E-state index in [-0.39, 0.29) is 35.9 Å². The quantitative estimate of drug-likeness (QED) is 0.0877. The molecule has 0 radical (unpaired) electrons. The number of hydrogen-bond donors (Lipinski definition) is 5. The van der Waals surface area contributed by atoms with Gasteiger partial charge in [-0.05, 0) is 72.9 Å². The largest absolute Gasteiger partial charge is 0.465 e. The maximum absolute atomic E-state index is 13.9. The number of carbonyl (C=O) groups is 3. The molecular formula is C42H49N9O5. The van der Waals surface area contributed by atoms with Crippen LogP contribution in [0.4, 0.5) is 10.5 Å². The van der Waals surface area contributed by atoms with E-state index in [2.05, 4.69) is 80.8 Å². The number of H-pyrrole nitrogens is 2. The van der Waals surface area contributed by atoms with E-state index < -0.39 is 18.2 Å². The van der Waals surface area contributed by atoms with Crippen molar-refractivity contribution in [1.82, 2.24) is 40.0 Å². The number of rotatable bonds is 13. The highest BCUT2D eigenvalue weighted by atomic mass is 16.5. The maximum Gasteiger partial charge on any atom is 0.405 e. The Bertz CT molecular complexity index is 2120. The zero-order chi connectivity index (χ0) is 39.3. The van der Waals surface area contributed by atoms with Gasteiger partial charge in [0.2, 0.25) is 11.8 Å². The van der Waals surface area contributed by atoms with Crippen LogP contribution >= 0.6 is 0 Å². The second-order valence-electron chi connectivity index (χ2n) is 14.9. The van der Waals surface area contributed by atoms with Crippen LogP contribution in [0.25, 0.3) is 33.6 Å². The van der Waals surface area contributed by atoms with Crippen LogP contribution in [-0.4, -0.2) is 96.1 Å². The Kier molecular flexibility index (Phi) is 11.5. The zero-order valence-electron chi connectivity index (χ0n) is 32.1. The summed E-state index contributed by atoms with van der Waals surface area (Å²) in [5.41, 5.74) is 6.63. The number of carboxylic acid groups (broad SMARTS) is 1. The summed E-state index contributed by atoms with van der Waals surface area (Å²) in [6.45, 7) is 6.98. The lowest BCUT2D eigenvalue weighted by Gasteiger charge is -2.30. The molecule has 0 saturated carbocycles. The highest BCUT2D eigenvalue weighted by molar-refractivity contribution is 5.87. The van der Waals surface area contributed by atoms with Crippen molar-refractivity contribution in [2.45, 2.75) is 76.7 Å². The molecule has 0 spiro atoms. The van der Waals surface area contributed by atoms with Crippen molar-refractivity contribution in [2.75, 3.05) is 25.5 Å². The molecule has 5 atom stereocenters. The van der Waals surface area contributed by atoms with Gasteiger partial charge in [0.05, 0.1) is 47.7 Å². The highest BCUT2D eigenvalue weighted by Gasteiger charge is 2.39. The van der Waals surface area contributed by atoms with Crippen molar-refractivity contribution < 1.29 is 24.2 Å². The Balaban J connectivity index is 1.000. The monoisotopic (exact) mass is 759 g/mol. The van der Waals surface area contributed by atoms with Gasteiger partial charge in [-0.3, -0.25) is 14.6 Å². The Labute approximate surface area is 326 Å². The van der Waals surface area contributed by atoms with E-state index in [1.807, 2.05) is 35.4 Å². The third-order valence-corrected chi connectivity index (χ3v) is 10.9. The molecule has 0 aliphatic carbocycles. The van der Waals surface area contributed by atoms with Crippen molar-refractivity contribution >= 4 is 23.6 Å². The van der Waals surface area contributed by atoms with Gasteiger partial charge in [0.15, 0.2) is 0 Å². The van der Waals surface area contributed by atoms with E-state index in [1.54, 1.807) is 30.4 Å². The van der Waals surface area contributed by atoms with Crippen LogP contribution in [0.5, 0.6) is 0 Å². The molecule has 3 aromatic heterocycles. The first-order valence-electron chi connectivity index (χ1n) is 19.2. The molecule has 14 nitrogen and oxygen atoms in total. The van der Waals surface area contributed by atoms with Crippen molar-refractivity contribution in [2.24, 2.45) is 5.92 Å². The summed E-state index contributed by atoms with van der Waals surface area (Å²) in [5, 5.41) is 15.0. The van der Waals surface area contributed by atoms with E-state index in [0.717, 1.165) is 70.8 Å². The fraction of sp³-hybridized carbons (Fsp3) is 0.381. The lowest BCUT2D eigenvalue weighted by atomic mass is 10.0. The van der Waals surface area contributed by atoms with Crippen molar-refractivity contribution in [1.29, 1.82) is 0 Å². The minimum Gasteiger partial charge on any atom is -0.465 e. The average molecular weight is 760 g/mol. The number of aromatic nitrogens is 5. The summed E-state index contributed by atoms with van der Waals surface area (Å²) in [4.78, 5) is 62.8. The van der Waals surface area contributed by atoms with Crippen molar-refractivity contribution in [3.63, 3.8) is 0 Å². The number of carbonyl (C=O) groups excluding carboxylic acids is 2. The fourth-order valence-corrected chi connectivity index (χ4v) is 7.77. The minimum atomic E-state index is -1.28. The zero-order valence-corrected chi connectivity index (χ0v) is 32.1. The van der Waals surface area contributed by atoms with Gasteiger partial charge in [0.1, 0.15) is 23.7 Å². The van der Waals surface area contributed by atoms with E-state index in [9.17, 15) is 19.5 Å². The Morgan fingerprint density at radius 3 is 1.70 bits per heavy atom. The smallest absolute Gasteiger partial charge is 0.405 e. The number of methoxy groups -OCH3 is 1. The average Bonchev–Trinajstić information content (AvgIpc) is 4.06. The highest BCUT2D eigenvalue weighted by Crippen LogP contribution is 2.35. The molecule has 2 aromatic carbocycles. The Hall–Kier alpha value is -6.02. The number of benzene rings is 2. The number of hydrogen-bond acceptors (Lipinski definition) is 8. The molecule has 5 N–H and O–H groups in total. The molecule has 0 unspecified atom stereocenters. The van der Waals surface area contributed by atoms with Crippen molar-refractivity contribution in [3.05, 3.63) is 97.1 Å². The molecule has 2 saturated heterocycles. The van der Waals surface area contributed by atoms with Crippen LogP contribution in [-0.2, 0) is 14.3 Å². The van der Waals surface area contributed by atoms with Crippen LogP contribution in [0.15, 0.2) is 85.5 Å². The van der Waals surface area contributed by atoms with Gasteiger partial charge in [0.25, 0.3) is 0 Å². The number of nitrogens with one attached hydrogen (secondary N) is 4. The van der Waals surface area contributed by atoms with Gasteiger partial charge in [-0.15, -0.1) is 0 Å². The molecule has 5 heterocycles. The lowest BCUT2D eigenvalue weighted by molar-refractivity contribution is -0.137. The van der Waals surface area contributed by atoms with Crippen molar-refractivity contribution in [3.8, 4) is 33.6 Å². The molecule has 3 amide bonds. The molecule has 56 heavy (non-hydrogen) atoms. The van der Waals surface area contributed by atoms with Crippen LogP contribution < -0.4 is 10.6 Å². The fourth-order valence-electron chi connectivity index (χ4n) is 7.77. The number of anilines is 1. The summed E-state index contributed by atoms with van der Waals surface area (Å²) in [5.74, 6) is 1.29. The molecule has 292 valence electrons. The predicted molar refractivity (Wildman–Crippen MR) is 212 cm³/mol. The molecule has 0 bridgehead atoms. The first-order chi connectivity index (χ1) is 27.1. The topological polar surface area (TPSA) is 181 Å². The van der Waals surface area contributed by atoms with Gasteiger partial charge >= 0.3 is 6.09 Å². The molecular weight excluding hydrogens is 711 g/mol. The molecule has 14 heteroatoms. The molecule has 2 fully saturated rings. The van der Waals surface area contributed by atoms with E-state index in [1.165, 1.54) is 7.11 Å². The second kappa shape index (κ2) is 16.8. The van der Waals surface area contributed by atoms with Gasteiger partial charge in [-0.1, -0.05) is 62.4 Å². The number of aromatic amines is 2. The van der Waals surface area contributed by atoms with Crippen LogP contribution in [0.2, 0.25) is 0 Å². The normalized spacial score (nSPS) is 18.5. The van der Waals surface area contributed by atoms with E-state index >= 15 is 0 Å². The van der Waals surface area contributed by atoms with Gasteiger partial charge in [0, 0.05) is 32.6 Å². The lowest BCUT2D eigenvalue weighted by Crippen LogP contribution is -2.53. The van der Waals surface area contributed by atoms with Gasteiger partial charge < -0.3 is 40.2 Å². The third kappa shape index (κ3) is 8.15. The van der Waals surface area contributed by atoms with Gasteiger partial charge in [-0.2, -0.15) is 0 Å². The first-order valence-corrected chi connectivity index (χ1v) is 19.2. The summed E-state index contributed by atoms with van der Waals surface area (Å²) >= 11 is 0.